The van der Waals surface area contributed by atoms with Crippen LogP contribution in [0.3, 0.4) is 0 Å². The molecule has 0 spiro atoms. The van der Waals surface area contributed by atoms with Gasteiger partial charge in [0, 0.05) is 0 Å². The zero-order valence-corrected chi connectivity index (χ0v) is 22.1. The van der Waals surface area contributed by atoms with E-state index in [1.54, 1.807) is 43.8 Å². The van der Waals surface area contributed by atoms with Crippen LogP contribution in [-0.2, 0) is 19.2 Å². The van der Waals surface area contributed by atoms with E-state index in [0.29, 0.717) is 0 Å². The van der Waals surface area contributed by atoms with Gasteiger partial charge in [0.25, 0.3) is 0 Å². The predicted molar refractivity (Wildman–Crippen MR) is 112 cm³/mol. The maximum absolute atomic E-state index is 2.63. The number of halogens is 2. The van der Waals surface area contributed by atoms with Gasteiger partial charge >= 0.3 is 170 Å². The number of rotatable bonds is 4. The summed E-state index contributed by atoms with van der Waals surface area (Å²) in [6.45, 7) is 14.5. The van der Waals surface area contributed by atoms with Crippen LogP contribution in [0.4, 0.5) is 0 Å². The topological polar surface area (TPSA) is 0 Å². The van der Waals surface area contributed by atoms with Crippen LogP contribution >= 0.6 is 0 Å². The number of hydrogen-bond acceptors (Lipinski definition) is 0. The van der Waals surface area contributed by atoms with Crippen molar-refractivity contribution in [3.8, 4) is 0 Å². The van der Waals surface area contributed by atoms with E-state index in [2.05, 4.69) is 71.9 Å². The van der Waals surface area contributed by atoms with Crippen molar-refractivity contribution in [1.82, 2.24) is 0 Å². The van der Waals surface area contributed by atoms with E-state index in [0.717, 1.165) is 5.54 Å². The molecule has 1 heterocycles. The molecule has 1 saturated heterocycles. The summed E-state index contributed by atoms with van der Waals surface area (Å²) in [5.74, 6) is 0. The Hall–Kier alpha value is -0.0488. The smallest absolute Gasteiger partial charge is 1.00 e. The van der Waals surface area contributed by atoms with Crippen LogP contribution in [-0.4, -0.2) is 8.07 Å². The molecule has 0 bridgehead atoms. The van der Waals surface area contributed by atoms with E-state index in [9.17, 15) is 0 Å². The van der Waals surface area contributed by atoms with Gasteiger partial charge in [-0.05, 0) is 0 Å². The van der Waals surface area contributed by atoms with E-state index < -0.39 is 8.07 Å². The van der Waals surface area contributed by atoms with Gasteiger partial charge in [0.15, 0.2) is 0 Å². The molecule has 0 aromatic heterocycles. The van der Waals surface area contributed by atoms with Gasteiger partial charge in [-0.2, -0.15) is 0 Å². The second-order valence-corrected chi connectivity index (χ2v) is 16.3. The summed E-state index contributed by atoms with van der Waals surface area (Å²) in [5.41, 5.74) is 9.11. The Bertz CT molecular complexity index is 854. The number of fused-ring (bicyclic) bond motifs is 1. The van der Waals surface area contributed by atoms with Gasteiger partial charge in [0.2, 0.25) is 0 Å². The van der Waals surface area contributed by atoms with Crippen molar-refractivity contribution in [2.24, 2.45) is 5.41 Å². The molecule has 4 heteroatoms. The van der Waals surface area contributed by atoms with Crippen LogP contribution in [0.2, 0.25) is 18.1 Å². The molecule has 1 aromatic rings. The Kier molecular flexibility index (Phi) is 7.44. The van der Waals surface area contributed by atoms with Crippen molar-refractivity contribution in [3.05, 3.63) is 59.9 Å². The SMILES string of the molecule is CC[Si]1(C2[C]([Ti+2][C]3=C(C)C(C)=C(C)C3(C)C)=Cc3ccccc32)CCC1.[Cl-].[Cl-]. The second-order valence-electron chi connectivity index (χ2n) is 9.23. The molecule has 0 N–H and O–H groups in total. The molecule has 1 fully saturated rings. The molecule has 0 saturated carbocycles. The maximum Gasteiger partial charge on any atom is -1.00 e. The van der Waals surface area contributed by atoms with E-state index in [1.807, 2.05) is 3.88 Å². The molecule has 1 unspecified atom stereocenters. The van der Waals surface area contributed by atoms with E-state index >= 15 is 0 Å². The zero-order valence-electron chi connectivity index (χ0n) is 18.0. The fraction of sp³-hybridized carbons (Fsp3) is 0.500. The molecule has 4 rings (SSSR count). The first-order valence-corrected chi connectivity index (χ1v) is 14.5. The summed E-state index contributed by atoms with van der Waals surface area (Å²) in [7, 11) is -1.15. The minimum Gasteiger partial charge on any atom is -1.00 e. The van der Waals surface area contributed by atoms with Crippen molar-refractivity contribution >= 4 is 14.1 Å². The van der Waals surface area contributed by atoms with Gasteiger partial charge in [-0.15, -0.1) is 0 Å². The number of hydrogen-bond donors (Lipinski definition) is 0. The molecular formula is C24H32Cl2SiTi. The zero-order chi connectivity index (χ0) is 18.7. The Labute approximate surface area is 194 Å². The van der Waals surface area contributed by atoms with Gasteiger partial charge in [-0.25, -0.2) is 0 Å². The Morgan fingerprint density at radius 2 is 1.68 bits per heavy atom. The van der Waals surface area contributed by atoms with E-state index in [1.165, 1.54) is 12.5 Å². The monoisotopic (exact) mass is 466 g/mol. The molecule has 0 amide bonds. The van der Waals surface area contributed by atoms with Gasteiger partial charge in [0.05, 0.1) is 0 Å². The van der Waals surface area contributed by atoms with Gasteiger partial charge in [-0.1, -0.05) is 0 Å². The molecule has 1 aromatic carbocycles. The van der Waals surface area contributed by atoms with E-state index in [4.69, 9.17) is 0 Å². The average Bonchev–Trinajstić information content (AvgIpc) is 3.01. The third kappa shape index (κ3) is 3.50. The van der Waals surface area contributed by atoms with Crippen molar-refractivity contribution in [2.45, 2.75) is 71.6 Å². The van der Waals surface area contributed by atoms with Gasteiger partial charge in [0.1, 0.15) is 0 Å². The molecular weight excluding hydrogens is 435 g/mol. The third-order valence-corrected chi connectivity index (χ3v) is 17.4. The van der Waals surface area contributed by atoms with Crippen LogP contribution < -0.4 is 24.8 Å². The molecule has 2 aliphatic carbocycles. The average molecular weight is 467 g/mol. The van der Waals surface area contributed by atoms with Crippen LogP contribution in [0.15, 0.2) is 48.7 Å². The standard InChI is InChI=1S/C14H17Si.C10H15.2ClH.Ti/c1-2-15(10-5-11-15)14-9-8-12-6-3-4-7-13(12)14;1-7-6-10(4,5)9(3)8(7)2;;;/h3-4,6-8,14H,2,5,10-11H2,1H3;1-5H3;2*1H;/q;;;;+2/p-2. The molecule has 1 aliphatic heterocycles. The quantitative estimate of drug-likeness (QED) is 0.586. The predicted octanol–water partition coefficient (Wildman–Crippen LogP) is 1.28. The fourth-order valence-electron chi connectivity index (χ4n) is 5.56. The number of benzene rings is 1. The first-order valence-electron chi connectivity index (χ1n) is 10.3. The Morgan fingerprint density at radius 3 is 2.18 bits per heavy atom. The van der Waals surface area contributed by atoms with Crippen LogP contribution in [0.1, 0.15) is 64.6 Å². The largest absolute Gasteiger partial charge is 1.00 e. The normalized spacial score (nSPS) is 23.9. The summed E-state index contributed by atoms with van der Waals surface area (Å²) >= 11 is -0.236. The second kappa shape index (κ2) is 8.60. The van der Waals surface area contributed by atoms with Crippen molar-refractivity contribution in [3.63, 3.8) is 0 Å². The molecule has 150 valence electrons. The Morgan fingerprint density at radius 1 is 1.04 bits per heavy atom. The summed E-state index contributed by atoms with van der Waals surface area (Å²) in [6, 6.07) is 13.9. The van der Waals surface area contributed by atoms with Crippen LogP contribution in [0.25, 0.3) is 6.08 Å². The third-order valence-electron chi connectivity index (χ3n) is 7.93. The van der Waals surface area contributed by atoms with Crippen molar-refractivity contribution in [2.75, 3.05) is 0 Å². The molecule has 1 atom stereocenters. The fourth-order valence-corrected chi connectivity index (χ4v) is 14.5. The van der Waals surface area contributed by atoms with Crippen molar-refractivity contribution in [1.29, 1.82) is 0 Å². The maximum atomic E-state index is 2.63. The van der Waals surface area contributed by atoms with Gasteiger partial charge in [-0.3, -0.25) is 0 Å². The van der Waals surface area contributed by atoms with E-state index in [-0.39, 0.29) is 49.4 Å². The summed E-state index contributed by atoms with van der Waals surface area (Å²) < 4.78 is 3.67. The summed E-state index contributed by atoms with van der Waals surface area (Å²) in [5, 5.41) is 0. The number of allylic oxidation sites excluding steroid dienone is 5. The van der Waals surface area contributed by atoms with Crippen LogP contribution in [0, 0.1) is 5.41 Å². The summed E-state index contributed by atoms with van der Waals surface area (Å²) in [6.07, 6.45) is 4.11. The first-order chi connectivity index (χ1) is 12.3. The minimum atomic E-state index is -1.15. The molecule has 28 heavy (non-hydrogen) atoms. The van der Waals surface area contributed by atoms with Crippen LogP contribution in [0.5, 0.6) is 0 Å². The molecule has 3 aliphatic rings. The Balaban J connectivity index is 0.00000140. The molecule has 0 nitrogen and oxygen atoms in total. The first kappa shape index (κ1) is 24.2. The minimum absolute atomic E-state index is 0. The summed E-state index contributed by atoms with van der Waals surface area (Å²) in [4.78, 5) is 0. The molecule has 0 radical (unpaired) electrons. The van der Waals surface area contributed by atoms with Crippen molar-refractivity contribution < 1.29 is 44.0 Å². The van der Waals surface area contributed by atoms with Gasteiger partial charge < -0.3 is 24.8 Å².